The van der Waals surface area contributed by atoms with Crippen LogP contribution in [0.25, 0.3) is 5.69 Å². The van der Waals surface area contributed by atoms with Gasteiger partial charge in [-0.1, -0.05) is 29.8 Å². The van der Waals surface area contributed by atoms with E-state index in [2.05, 4.69) is 20.7 Å². The maximum atomic E-state index is 13.9. The zero-order valence-electron chi connectivity index (χ0n) is 16.6. The number of aromatic nitrogens is 3. The molecule has 0 radical (unpaired) electrons. The number of benzene rings is 1. The fourth-order valence-electron chi connectivity index (χ4n) is 3.68. The lowest BCUT2D eigenvalue weighted by Gasteiger charge is -2.28. The van der Waals surface area contributed by atoms with E-state index in [9.17, 15) is 14.0 Å². The van der Waals surface area contributed by atoms with Crippen LogP contribution in [0, 0.1) is 11.7 Å². The van der Waals surface area contributed by atoms with Crippen LogP contribution in [0.1, 0.15) is 36.2 Å². The van der Waals surface area contributed by atoms with E-state index in [1.807, 2.05) is 0 Å². The third-order valence-corrected chi connectivity index (χ3v) is 5.53. The lowest BCUT2D eigenvalue weighted by Crippen LogP contribution is -2.39. The normalized spacial score (nSPS) is 18.4. The maximum absolute atomic E-state index is 13.9. The number of hydrogen-bond acceptors (Lipinski definition) is 4. The smallest absolute Gasteiger partial charge is 0.270 e. The lowest BCUT2D eigenvalue weighted by molar-refractivity contribution is -0.120. The molecule has 0 saturated heterocycles. The number of carbonyl (C=O) groups excluding carboxylic acids is 2. The average Bonchev–Trinajstić information content (AvgIpc) is 3.22. The SMILES string of the molecule is O=C(N[C@H]1CC[C@@H](C(=O)Nc2ccn(-c3ccccc3F)n2)CC1)c1cccc(Cl)n1. The van der Waals surface area contributed by atoms with Gasteiger partial charge in [0.15, 0.2) is 5.82 Å². The minimum Gasteiger partial charge on any atom is -0.348 e. The molecule has 2 heterocycles. The first-order chi connectivity index (χ1) is 15.0. The second kappa shape index (κ2) is 9.26. The van der Waals surface area contributed by atoms with Crippen LogP contribution < -0.4 is 10.6 Å². The molecule has 1 saturated carbocycles. The highest BCUT2D eigenvalue weighted by Crippen LogP contribution is 2.26. The summed E-state index contributed by atoms with van der Waals surface area (Å²) in [4.78, 5) is 29.0. The molecule has 4 rings (SSSR count). The summed E-state index contributed by atoms with van der Waals surface area (Å²) < 4.78 is 15.3. The van der Waals surface area contributed by atoms with Crippen LogP contribution in [0.2, 0.25) is 5.15 Å². The molecule has 2 amide bonds. The van der Waals surface area contributed by atoms with Crippen molar-refractivity contribution in [2.45, 2.75) is 31.7 Å². The fraction of sp³-hybridized carbons (Fsp3) is 0.273. The van der Waals surface area contributed by atoms with Crippen LogP contribution in [0.4, 0.5) is 10.2 Å². The summed E-state index contributed by atoms with van der Waals surface area (Å²) in [6.45, 7) is 0. The predicted octanol–water partition coefficient (Wildman–Crippen LogP) is 3.99. The van der Waals surface area contributed by atoms with Crippen molar-refractivity contribution in [3.05, 3.63) is 71.4 Å². The Morgan fingerprint density at radius 3 is 2.55 bits per heavy atom. The number of nitrogens with zero attached hydrogens (tertiary/aromatic N) is 3. The average molecular weight is 442 g/mol. The van der Waals surface area contributed by atoms with Crippen molar-refractivity contribution in [1.82, 2.24) is 20.1 Å². The van der Waals surface area contributed by atoms with Crippen molar-refractivity contribution in [3.8, 4) is 5.69 Å². The van der Waals surface area contributed by atoms with E-state index in [-0.39, 0.29) is 34.6 Å². The van der Waals surface area contributed by atoms with Crippen LogP contribution in [-0.4, -0.2) is 32.6 Å². The van der Waals surface area contributed by atoms with Gasteiger partial charge in [-0.25, -0.2) is 14.1 Å². The van der Waals surface area contributed by atoms with Crippen LogP contribution in [-0.2, 0) is 4.79 Å². The summed E-state index contributed by atoms with van der Waals surface area (Å²) in [5.74, 6) is -0.585. The van der Waals surface area contributed by atoms with E-state index in [0.717, 1.165) is 0 Å². The number of amides is 2. The van der Waals surface area contributed by atoms with E-state index in [1.54, 1.807) is 48.7 Å². The minimum atomic E-state index is -0.392. The number of rotatable bonds is 5. The highest BCUT2D eigenvalue weighted by Gasteiger charge is 2.28. The molecule has 1 aliphatic rings. The Morgan fingerprint density at radius 2 is 1.81 bits per heavy atom. The third kappa shape index (κ3) is 5.08. The van der Waals surface area contributed by atoms with Gasteiger partial charge in [0.05, 0.1) is 0 Å². The predicted molar refractivity (Wildman–Crippen MR) is 115 cm³/mol. The Labute approximate surface area is 183 Å². The standard InChI is InChI=1S/C22H21ClFN5O2/c23-19-7-3-5-17(26-19)22(31)25-15-10-8-14(9-11-15)21(30)27-20-12-13-29(28-20)18-6-2-1-4-16(18)24/h1-7,12-15H,8-11H2,(H,25,31)(H,27,28,30)/t14-,15+. The summed E-state index contributed by atoms with van der Waals surface area (Å²) >= 11 is 5.84. The number of carbonyl (C=O) groups is 2. The number of halogens is 2. The number of nitrogens with one attached hydrogen (secondary N) is 2. The Kier molecular flexibility index (Phi) is 6.27. The molecule has 0 unspecified atom stereocenters. The van der Waals surface area contributed by atoms with Crippen molar-refractivity contribution in [2.24, 2.45) is 5.92 Å². The van der Waals surface area contributed by atoms with E-state index in [4.69, 9.17) is 11.6 Å². The second-order valence-corrected chi connectivity index (χ2v) is 7.84. The largest absolute Gasteiger partial charge is 0.348 e. The highest BCUT2D eigenvalue weighted by atomic mass is 35.5. The van der Waals surface area contributed by atoms with E-state index < -0.39 is 5.82 Å². The molecule has 9 heteroatoms. The first kappa shape index (κ1) is 21.0. The summed E-state index contributed by atoms with van der Waals surface area (Å²) in [6.07, 6.45) is 4.27. The van der Waals surface area contributed by atoms with Gasteiger partial charge in [-0.15, -0.1) is 5.10 Å². The van der Waals surface area contributed by atoms with Crippen LogP contribution in [0.3, 0.4) is 0 Å². The van der Waals surface area contributed by atoms with Crippen molar-refractivity contribution >= 4 is 29.2 Å². The summed E-state index contributed by atoms with van der Waals surface area (Å²) in [5.41, 5.74) is 0.589. The fourth-order valence-corrected chi connectivity index (χ4v) is 3.85. The molecule has 0 atom stereocenters. The molecule has 31 heavy (non-hydrogen) atoms. The molecule has 2 N–H and O–H groups in total. The van der Waals surface area contributed by atoms with Gasteiger partial charge < -0.3 is 10.6 Å². The van der Waals surface area contributed by atoms with Crippen molar-refractivity contribution in [3.63, 3.8) is 0 Å². The molecule has 7 nitrogen and oxygen atoms in total. The topological polar surface area (TPSA) is 88.9 Å². The Morgan fingerprint density at radius 1 is 1.03 bits per heavy atom. The van der Waals surface area contributed by atoms with Crippen molar-refractivity contribution in [2.75, 3.05) is 5.32 Å². The first-order valence-electron chi connectivity index (χ1n) is 10.0. The molecule has 1 aromatic carbocycles. The quantitative estimate of drug-likeness (QED) is 0.586. The molecule has 3 aromatic rings. The van der Waals surface area contributed by atoms with Crippen LogP contribution in [0.15, 0.2) is 54.7 Å². The van der Waals surface area contributed by atoms with Gasteiger partial charge >= 0.3 is 0 Å². The summed E-state index contributed by atoms with van der Waals surface area (Å²) in [6, 6.07) is 12.8. The van der Waals surface area contributed by atoms with Gasteiger partial charge in [0.1, 0.15) is 22.4 Å². The van der Waals surface area contributed by atoms with Crippen LogP contribution in [0.5, 0.6) is 0 Å². The van der Waals surface area contributed by atoms with E-state index in [0.29, 0.717) is 37.2 Å². The molecular formula is C22H21ClFN5O2. The number of anilines is 1. The maximum Gasteiger partial charge on any atom is 0.270 e. The molecular weight excluding hydrogens is 421 g/mol. The van der Waals surface area contributed by atoms with Gasteiger partial charge in [-0.3, -0.25) is 9.59 Å². The van der Waals surface area contributed by atoms with E-state index in [1.165, 1.54) is 10.7 Å². The lowest BCUT2D eigenvalue weighted by atomic mass is 9.85. The molecule has 0 aliphatic heterocycles. The molecule has 160 valence electrons. The first-order valence-corrected chi connectivity index (χ1v) is 10.4. The number of hydrogen-bond donors (Lipinski definition) is 2. The Bertz CT molecular complexity index is 1090. The zero-order chi connectivity index (χ0) is 21.8. The molecule has 0 bridgehead atoms. The third-order valence-electron chi connectivity index (χ3n) is 5.32. The van der Waals surface area contributed by atoms with Crippen molar-refractivity contribution in [1.29, 1.82) is 0 Å². The van der Waals surface area contributed by atoms with Gasteiger partial charge in [-0.2, -0.15) is 0 Å². The van der Waals surface area contributed by atoms with Gasteiger partial charge in [-0.05, 0) is 49.9 Å². The summed E-state index contributed by atoms with van der Waals surface area (Å²) in [7, 11) is 0. The van der Waals surface area contributed by atoms with E-state index >= 15 is 0 Å². The van der Waals surface area contributed by atoms with Gasteiger partial charge in [0, 0.05) is 24.2 Å². The summed E-state index contributed by atoms with van der Waals surface area (Å²) in [5, 5.41) is 10.3. The Hall–Kier alpha value is -3.26. The van der Waals surface area contributed by atoms with Gasteiger partial charge in [0.2, 0.25) is 5.91 Å². The number of pyridine rings is 1. The molecule has 1 fully saturated rings. The monoisotopic (exact) mass is 441 g/mol. The van der Waals surface area contributed by atoms with Gasteiger partial charge in [0.25, 0.3) is 5.91 Å². The molecule has 1 aliphatic carbocycles. The minimum absolute atomic E-state index is 0.0161. The highest BCUT2D eigenvalue weighted by molar-refractivity contribution is 6.29. The molecule has 2 aromatic heterocycles. The second-order valence-electron chi connectivity index (χ2n) is 7.45. The van der Waals surface area contributed by atoms with Crippen molar-refractivity contribution < 1.29 is 14.0 Å². The van der Waals surface area contributed by atoms with Crippen LogP contribution >= 0.6 is 11.6 Å². The molecule has 0 spiro atoms. The Balaban J connectivity index is 1.29. The number of para-hydroxylation sites is 1. The zero-order valence-corrected chi connectivity index (χ0v) is 17.3.